The number of nitrogens with zero attached hydrogens (tertiary/aromatic N) is 3. The predicted molar refractivity (Wildman–Crippen MR) is 187 cm³/mol. The molecule has 1 aromatic heterocycles. The van der Waals surface area contributed by atoms with E-state index in [1.807, 2.05) is 6.26 Å². The molecule has 1 heterocycles. The van der Waals surface area contributed by atoms with E-state index in [0.717, 1.165) is 59.3 Å². The maximum absolute atomic E-state index is 13.8. The molecular weight excluding hydrogens is 639 g/mol. The molecule has 246 valence electrons. The van der Waals surface area contributed by atoms with Crippen molar-refractivity contribution >= 4 is 51.6 Å². The van der Waals surface area contributed by atoms with Crippen LogP contribution in [0.4, 0.5) is 4.79 Å². The number of carboxylic acids is 1. The Labute approximate surface area is 283 Å². The summed E-state index contributed by atoms with van der Waals surface area (Å²) in [6.45, 7) is 2.82. The number of benzene rings is 2. The number of hydrogen-bond acceptors (Lipinski definition) is 9. The molecule has 0 saturated carbocycles. The molecule has 5 rings (SSSR count). The van der Waals surface area contributed by atoms with Crippen LogP contribution in [0.15, 0.2) is 39.0 Å². The molecule has 8 nitrogen and oxygen atoms in total. The summed E-state index contributed by atoms with van der Waals surface area (Å²) in [7, 11) is 0. The van der Waals surface area contributed by atoms with E-state index in [1.54, 1.807) is 17.0 Å². The Morgan fingerprint density at radius 1 is 0.913 bits per heavy atom. The number of aromatic hydroxyl groups is 2. The van der Waals surface area contributed by atoms with Crippen molar-refractivity contribution in [2.75, 3.05) is 12.8 Å². The molecule has 0 spiro atoms. The highest BCUT2D eigenvalue weighted by molar-refractivity contribution is 8.15. The van der Waals surface area contributed by atoms with E-state index >= 15 is 0 Å². The molecule has 11 heteroatoms. The lowest BCUT2D eigenvalue weighted by atomic mass is 9.83. The number of carbonyl (C=O) groups is 2. The van der Waals surface area contributed by atoms with Crippen LogP contribution in [0.1, 0.15) is 117 Å². The number of thioether (sulfide) groups is 2. The highest BCUT2D eigenvalue weighted by atomic mass is 32.2. The molecule has 1 atom stereocenters. The zero-order valence-electron chi connectivity index (χ0n) is 26.6. The standard InChI is InChI=1S/C35H43N3O5S3/c1-3-4-5-6-7-8-9-10-11-12-19-38(35(43)46-34-37-36-33(44-2)45-34)21-26-27(22-13-15-23(16-14-22)32(41)42)31(40)29-25-18-17-24(20-25)28(29)30(26)39/h13-16,20,25,39-40H,3-12,17-19,21H2,1-2H3,(H,41,42). The second-order valence-corrected chi connectivity index (χ2v) is 15.3. The number of aromatic nitrogens is 2. The van der Waals surface area contributed by atoms with Gasteiger partial charge in [-0.05, 0) is 48.8 Å². The summed E-state index contributed by atoms with van der Waals surface area (Å²) in [4.78, 5) is 27.1. The van der Waals surface area contributed by atoms with Crippen LogP contribution < -0.4 is 0 Å². The SMILES string of the molecule is CCCCCCCCCCCCN(Cc1c(O)c2c(c(O)c1-c1ccc(C(=O)O)cc1)C1C=C2CC1)C(=O)Sc1nnc(SC)s1. The maximum atomic E-state index is 13.8. The second-order valence-electron chi connectivity index (χ2n) is 12.1. The first-order chi connectivity index (χ1) is 22.3. The summed E-state index contributed by atoms with van der Waals surface area (Å²) >= 11 is 3.90. The van der Waals surface area contributed by atoms with Crippen molar-refractivity contribution in [1.29, 1.82) is 0 Å². The minimum atomic E-state index is -1.04. The summed E-state index contributed by atoms with van der Waals surface area (Å²) < 4.78 is 1.35. The molecule has 1 unspecified atom stereocenters. The molecule has 0 saturated heterocycles. The number of amides is 1. The number of carbonyl (C=O) groups excluding carboxylic acids is 1. The van der Waals surface area contributed by atoms with E-state index in [4.69, 9.17) is 0 Å². The number of phenolic OH excluding ortho intramolecular Hbond substituents is 2. The van der Waals surface area contributed by atoms with Gasteiger partial charge in [0.25, 0.3) is 5.24 Å². The first-order valence-electron chi connectivity index (χ1n) is 16.3. The van der Waals surface area contributed by atoms with E-state index in [-0.39, 0.29) is 34.8 Å². The monoisotopic (exact) mass is 681 g/mol. The Kier molecular flexibility index (Phi) is 12.1. The summed E-state index contributed by atoms with van der Waals surface area (Å²) in [6.07, 6.45) is 17.6. The van der Waals surface area contributed by atoms with E-state index in [0.29, 0.717) is 33.1 Å². The van der Waals surface area contributed by atoms with Crippen LogP contribution in [-0.2, 0) is 6.54 Å². The summed E-state index contributed by atoms with van der Waals surface area (Å²) in [5, 5.41) is 41.2. The lowest BCUT2D eigenvalue weighted by Gasteiger charge is -2.28. The number of allylic oxidation sites excluding steroid dienone is 2. The molecule has 0 radical (unpaired) electrons. The Morgan fingerprint density at radius 3 is 2.20 bits per heavy atom. The quantitative estimate of drug-likeness (QED) is 0.0725. The molecule has 3 aromatic rings. The predicted octanol–water partition coefficient (Wildman–Crippen LogP) is 9.95. The number of rotatable bonds is 17. The molecule has 2 aromatic carbocycles. The van der Waals surface area contributed by atoms with Crippen molar-refractivity contribution < 1.29 is 24.9 Å². The molecule has 46 heavy (non-hydrogen) atoms. The minimum absolute atomic E-state index is 0.0324. The van der Waals surface area contributed by atoms with Crippen molar-refractivity contribution in [2.45, 2.75) is 105 Å². The van der Waals surface area contributed by atoms with Crippen molar-refractivity contribution in [3.05, 3.63) is 52.6 Å². The third kappa shape index (κ3) is 7.91. The van der Waals surface area contributed by atoms with Crippen LogP contribution in [0.3, 0.4) is 0 Å². The maximum Gasteiger partial charge on any atom is 0.335 e. The van der Waals surface area contributed by atoms with E-state index in [2.05, 4.69) is 23.2 Å². The van der Waals surface area contributed by atoms with Crippen LogP contribution in [0, 0.1) is 0 Å². The fraction of sp³-hybridized carbons (Fsp3) is 0.486. The number of carboxylic acid groups (broad SMARTS) is 1. The van der Waals surface area contributed by atoms with Crippen LogP contribution in [0.2, 0.25) is 0 Å². The zero-order valence-corrected chi connectivity index (χ0v) is 29.0. The molecular formula is C35H43N3O5S3. The Hall–Kier alpha value is -3.02. The van der Waals surface area contributed by atoms with E-state index in [1.165, 1.54) is 80.2 Å². The lowest BCUT2D eigenvalue weighted by molar-refractivity contribution is 0.0697. The molecule has 2 aliphatic carbocycles. The highest BCUT2D eigenvalue weighted by Gasteiger charge is 2.38. The molecule has 2 bridgehead atoms. The summed E-state index contributed by atoms with van der Waals surface area (Å²) in [6, 6.07) is 6.32. The highest BCUT2D eigenvalue weighted by Crippen LogP contribution is 2.58. The topological polar surface area (TPSA) is 124 Å². The number of phenols is 2. The van der Waals surface area contributed by atoms with Gasteiger partial charge in [-0.2, -0.15) is 0 Å². The summed E-state index contributed by atoms with van der Waals surface area (Å²) in [5.41, 5.74) is 4.08. The first kappa shape index (κ1) is 34.3. The third-order valence-electron chi connectivity index (χ3n) is 8.95. The smallest absolute Gasteiger partial charge is 0.335 e. The van der Waals surface area contributed by atoms with Gasteiger partial charge in [0.05, 0.1) is 12.1 Å². The lowest BCUT2D eigenvalue weighted by Crippen LogP contribution is -2.29. The Morgan fingerprint density at radius 2 is 1.57 bits per heavy atom. The number of aromatic carboxylic acids is 1. The molecule has 3 N–H and O–H groups in total. The average molecular weight is 682 g/mol. The van der Waals surface area contributed by atoms with Crippen molar-refractivity contribution in [1.82, 2.24) is 15.1 Å². The Balaban J connectivity index is 1.40. The number of hydrogen-bond donors (Lipinski definition) is 3. The normalized spacial score (nSPS) is 14.8. The van der Waals surface area contributed by atoms with Gasteiger partial charge in [-0.25, -0.2) is 4.79 Å². The van der Waals surface area contributed by atoms with Gasteiger partial charge in [0.1, 0.15) is 11.5 Å². The molecule has 0 aliphatic heterocycles. The third-order valence-corrected chi connectivity index (χ3v) is 11.8. The molecule has 0 fully saturated rings. The summed E-state index contributed by atoms with van der Waals surface area (Å²) in [5.74, 6) is -0.827. The van der Waals surface area contributed by atoms with Crippen LogP contribution in [0.25, 0.3) is 16.7 Å². The zero-order chi connectivity index (χ0) is 32.6. The molecule has 1 amide bonds. The van der Waals surface area contributed by atoms with Crippen molar-refractivity contribution in [3.8, 4) is 22.6 Å². The molecule has 2 aliphatic rings. The minimum Gasteiger partial charge on any atom is -0.507 e. The van der Waals surface area contributed by atoms with Gasteiger partial charge in [0, 0.05) is 46.5 Å². The number of fused-ring (bicyclic) bond motifs is 4. The van der Waals surface area contributed by atoms with Crippen molar-refractivity contribution in [2.24, 2.45) is 0 Å². The van der Waals surface area contributed by atoms with Crippen molar-refractivity contribution in [3.63, 3.8) is 0 Å². The Bertz CT molecular complexity index is 1570. The van der Waals surface area contributed by atoms with E-state index in [9.17, 15) is 24.9 Å². The largest absolute Gasteiger partial charge is 0.507 e. The fourth-order valence-corrected chi connectivity index (χ4v) is 8.85. The first-order valence-corrected chi connectivity index (χ1v) is 19.2. The second kappa shape index (κ2) is 16.2. The van der Waals surface area contributed by atoms with Gasteiger partial charge in [-0.3, -0.25) is 4.79 Å². The number of unbranched alkanes of at least 4 members (excludes halogenated alkanes) is 9. The van der Waals surface area contributed by atoms with Crippen LogP contribution in [0.5, 0.6) is 11.5 Å². The average Bonchev–Trinajstić information content (AvgIpc) is 3.81. The van der Waals surface area contributed by atoms with Gasteiger partial charge in [0.15, 0.2) is 8.68 Å². The van der Waals surface area contributed by atoms with Crippen LogP contribution in [-0.4, -0.2) is 54.4 Å². The van der Waals surface area contributed by atoms with Gasteiger partial charge in [-0.1, -0.05) is 106 Å². The fourth-order valence-electron chi connectivity index (χ4n) is 6.56. The van der Waals surface area contributed by atoms with E-state index < -0.39 is 5.97 Å². The van der Waals surface area contributed by atoms with Gasteiger partial charge in [0.2, 0.25) is 0 Å². The van der Waals surface area contributed by atoms with Crippen LogP contribution >= 0.6 is 34.9 Å². The van der Waals surface area contributed by atoms with Gasteiger partial charge < -0.3 is 20.2 Å². The van der Waals surface area contributed by atoms with Gasteiger partial charge in [-0.15, -0.1) is 10.2 Å². The van der Waals surface area contributed by atoms with Gasteiger partial charge >= 0.3 is 5.97 Å².